The van der Waals surface area contributed by atoms with E-state index in [1.165, 1.54) is 24.5 Å². The van der Waals surface area contributed by atoms with E-state index >= 15 is 4.39 Å². The number of amides is 2. The Bertz CT molecular complexity index is 1510. The second kappa shape index (κ2) is 12.7. The monoisotopic (exact) mass is 705 g/mol. The van der Waals surface area contributed by atoms with Crippen molar-refractivity contribution in [3.63, 3.8) is 0 Å². The third-order valence-electron chi connectivity index (χ3n) is 6.23. The Balaban J connectivity index is 2.12. The Labute approximate surface area is 250 Å². The quantitative estimate of drug-likeness (QED) is 0.238. The summed E-state index contributed by atoms with van der Waals surface area (Å²) in [6.07, 6.45) is -15.7. The zero-order valence-electron chi connectivity index (χ0n) is 22.1. The van der Waals surface area contributed by atoms with Gasteiger partial charge in [-0.05, 0) is 58.7 Å². The number of hydrogen-bond acceptors (Lipinski definition) is 3. The van der Waals surface area contributed by atoms with Gasteiger partial charge in [-0.1, -0.05) is 19.4 Å². The fourth-order valence-corrected chi connectivity index (χ4v) is 4.59. The molecule has 0 saturated heterocycles. The number of anilines is 2. The summed E-state index contributed by atoms with van der Waals surface area (Å²) in [5.41, 5.74) is -13.7. The van der Waals surface area contributed by atoms with Crippen LogP contribution in [0.3, 0.4) is 0 Å². The highest BCUT2D eigenvalue weighted by Gasteiger charge is 2.73. The number of nitrogens with zero attached hydrogens (tertiary/aromatic N) is 2. The molecule has 5 nitrogen and oxygen atoms in total. The lowest BCUT2D eigenvalue weighted by molar-refractivity contribution is -0.348. The molecule has 0 aliphatic heterocycles. The zero-order valence-corrected chi connectivity index (χ0v) is 23.6. The molecule has 1 N–H and O–H groups in total. The lowest BCUT2D eigenvalue weighted by Gasteiger charge is -2.31. The molecule has 3 aromatic rings. The lowest BCUT2D eigenvalue weighted by Crippen LogP contribution is -2.50. The van der Waals surface area contributed by atoms with Crippen LogP contribution in [0.2, 0.25) is 0 Å². The number of rotatable bonds is 8. The van der Waals surface area contributed by atoms with Gasteiger partial charge in [-0.3, -0.25) is 14.6 Å². The first kappa shape index (κ1) is 34.7. The molecule has 238 valence electrons. The van der Waals surface area contributed by atoms with E-state index in [1.807, 2.05) is 0 Å². The topological polar surface area (TPSA) is 62.3 Å². The molecule has 0 atom stereocenters. The standard InChI is InChI=1S/C27H19BrF11N3O2/c1-2-3-11-42(23(44)14-7-9-40-10-8-14)19-6-4-5-16(20(19)29)22(43)41-21-17(25(31,32)33)12-15(13-18(21)28)24(30,26(34,35)36)27(37,38)39/h4-10,12-13H,2-3,11H2,1H3,(H,41,43). The lowest BCUT2D eigenvalue weighted by atomic mass is 9.92. The molecule has 0 fully saturated rings. The summed E-state index contributed by atoms with van der Waals surface area (Å²) >= 11 is 2.38. The smallest absolute Gasteiger partial charge is 0.320 e. The summed E-state index contributed by atoms with van der Waals surface area (Å²) in [6.45, 7) is 1.72. The van der Waals surface area contributed by atoms with Gasteiger partial charge in [-0.2, -0.15) is 39.5 Å². The number of hydrogen-bond donors (Lipinski definition) is 1. The van der Waals surface area contributed by atoms with Gasteiger partial charge in [0.15, 0.2) is 5.82 Å². The molecule has 2 amide bonds. The summed E-state index contributed by atoms with van der Waals surface area (Å²) < 4.78 is 150. The fourth-order valence-electron chi connectivity index (χ4n) is 4.03. The maximum absolute atomic E-state index is 15.7. The first-order valence-electron chi connectivity index (χ1n) is 12.3. The van der Waals surface area contributed by atoms with Crippen LogP contribution in [0.4, 0.5) is 59.7 Å². The Morgan fingerprint density at radius 2 is 1.50 bits per heavy atom. The van der Waals surface area contributed by atoms with Gasteiger partial charge >= 0.3 is 24.2 Å². The van der Waals surface area contributed by atoms with Gasteiger partial charge < -0.3 is 10.2 Å². The van der Waals surface area contributed by atoms with E-state index in [0.29, 0.717) is 12.8 Å². The number of halogens is 12. The minimum absolute atomic E-state index is 0.0473. The number of pyridine rings is 1. The van der Waals surface area contributed by atoms with Gasteiger partial charge in [-0.25, -0.2) is 8.78 Å². The van der Waals surface area contributed by atoms with Crippen LogP contribution in [-0.4, -0.2) is 35.7 Å². The average molecular weight is 706 g/mol. The third kappa shape index (κ3) is 6.81. The maximum atomic E-state index is 15.7. The van der Waals surface area contributed by atoms with Crippen molar-refractivity contribution >= 4 is 39.1 Å². The van der Waals surface area contributed by atoms with E-state index in [4.69, 9.17) is 0 Å². The molecule has 0 aliphatic rings. The molecule has 0 bridgehead atoms. The highest BCUT2D eigenvalue weighted by Crippen LogP contribution is 2.55. The SMILES string of the molecule is CCCCN(C(=O)c1ccncc1)c1cccc(C(=O)Nc2c(Br)cc(C(F)(C(F)(F)F)C(F)(F)F)cc2C(F)(F)F)c1F. The first-order chi connectivity index (χ1) is 20.3. The number of benzene rings is 2. The number of aromatic nitrogens is 1. The molecule has 3 rings (SSSR count). The Morgan fingerprint density at radius 3 is 2.02 bits per heavy atom. The van der Waals surface area contributed by atoms with E-state index in [9.17, 15) is 53.5 Å². The predicted molar refractivity (Wildman–Crippen MR) is 139 cm³/mol. The number of alkyl halides is 10. The average Bonchev–Trinajstić information content (AvgIpc) is 2.92. The molecule has 2 aromatic carbocycles. The molecule has 0 saturated carbocycles. The Kier molecular flexibility index (Phi) is 10.0. The molecular formula is C27H19BrF11N3O2. The van der Waals surface area contributed by atoms with Crippen LogP contribution < -0.4 is 10.2 Å². The van der Waals surface area contributed by atoms with Gasteiger partial charge in [0, 0.05) is 34.5 Å². The van der Waals surface area contributed by atoms with Crippen LogP contribution in [0.15, 0.2) is 59.3 Å². The second-order valence-corrected chi connectivity index (χ2v) is 10.0. The summed E-state index contributed by atoms with van der Waals surface area (Å²) in [4.78, 5) is 30.9. The van der Waals surface area contributed by atoms with Crippen molar-refractivity contribution < 1.29 is 57.9 Å². The van der Waals surface area contributed by atoms with Crippen molar-refractivity contribution in [2.45, 2.75) is 44.0 Å². The number of carbonyl (C=O) groups is 2. The van der Waals surface area contributed by atoms with E-state index in [1.54, 1.807) is 12.2 Å². The van der Waals surface area contributed by atoms with Gasteiger partial charge in [-0.15, -0.1) is 0 Å². The van der Waals surface area contributed by atoms with Crippen LogP contribution in [0.1, 0.15) is 51.6 Å². The second-order valence-electron chi connectivity index (χ2n) is 9.17. The minimum Gasteiger partial charge on any atom is -0.320 e. The fraction of sp³-hybridized carbons (Fsp3) is 0.296. The first-order valence-corrected chi connectivity index (χ1v) is 13.1. The van der Waals surface area contributed by atoms with E-state index in [-0.39, 0.29) is 18.2 Å². The zero-order chi connectivity index (χ0) is 33.3. The van der Waals surface area contributed by atoms with Crippen LogP contribution in [0.25, 0.3) is 0 Å². The number of carbonyl (C=O) groups excluding carboxylic acids is 2. The van der Waals surface area contributed by atoms with E-state index in [2.05, 4.69) is 20.9 Å². The molecule has 17 heteroatoms. The van der Waals surface area contributed by atoms with Crippen molar-refractivity contribution in [1.82, 2.24) is 4.98 Å². The summed E-state index contributed by atoms with van der Waals surface area (Å²) in [5.74, 6) is -3.70. The molecular weight excluding hydrogens is 687 g/mol. The van der Waals surface area contributed by atoms with Crippen LogP contribution in [0.5, 0.6) is 0 Å². The highest BCUT2D eigenvalue weighted by molar-refractivity contribution is 9.10. The molecule has 1 heterocycles. The molecule has 0 aliphatic carbocycles. The van der Waals surface area contributed by atoms with E-state index < -0.39 is 80.4 Å². The van der Waals surface area contributed by atoms with E-state index in [0.717, 1.165) is 23.1 Å². The normalized spacial score (nSPS) is 12.7. The van der Waals surface area contributed by atoms with Crippen LogP contribution in [-0.2, 0) is 11.8 Å². The minimum atomic E-state index is -6.72. The molecule has 1 aromatic heterocycles. The molecule has 0 radical (unpaired) electrons. The van der Waals surface area contributed by atoms with Crippen molar-refractivity contribution in [3.8, 4) is 0 Å². The predicted octanol–water partition coefficient (Wildman–Crippen LogP) is 8.99. The summed E-state index contributed by atoms with van der Waals surface area (Å²) in [5, 5.41) is 1.63. The van der Waals surface area contributed by atoms with Crippen molar-refractivity contribution in [2.24, 2.45) is 0 Å². The van der Waals surface area contributed by atoms with Crippen molar-refractivity contribution in [1.29, 1.82) is 0 Å². The highest BCUT2D eigenvalue weighted by atomic mass is 79.9. The molecule has 44 heavy (non-hydrogen) atoms. The summed E-state index contributed by atoms with van der Waals surface area (Å²) in [7, 11) is 0. The molecule has 0 unspecified atom stereocenters. The Morgan fingerprint density at radius 1 is 0.909 bits per heavy atom. The van der Waals surface area contributed by atoms with Gasteiger partial charge in [0.25, 0.3) is 11.8 Å². The van der Waals surface area contributed by atoms with Crippen molar-refractivity contribution in [2.75, 3.05) is 16.8 Å². The van der Waals surface area contributed by atoms with Gasteiger partial charge in [0.05, 0.1) is 22.5 Å². The third-order valence-corrected chi connectivity index (χ3v) is 6.86. The molecule has 0 spiro atoms. The van der Waals surface area contributed by atoms with Crippen molar-refractivity contribution in [3.05, 3.63) is 87.4 Å². The Hall–Kier alpha value is -3.76. The van der Waals surface area contributed by atoms with Crippen LogP contribution in [0, 0.1) is 5.82 Å². The van der Waals surface area contributed by atoms with Gasteiger partial charge in [0.2, 0.25) is 0 Å². The maximum Gasteiger partial charge on any atom is 0.435 e. The number of nitrogens with one attached hydrogen (secondary N) is 1. The summed E-state index contributed by atoms with van der Waals surface area (Å²) in [6, 6.07) is 4.73. The van der Waals surface area contributed by atoms with Gasteiger partial charge in [0.1, 0.15) is 0 Å². The van der Waals surface area contributed by atoms with Crippen LogP contribution >= 0.6 is 15.9 Å². The largest absolute Gasteiger partial charge is 0.435 e. The number of unbranched alkanes of at least 4 members (excludes halogenated alkanes) is 1.